The smallest absolute Gasteiger partial charge is 0.196 e. The highest BCUT2D eigenvalue weighted by Crippen LogP contribution is 2.25. The van der Waals surface area contributed by atoms with Crippen LogP contribution in [0, 0.1) is 6.42 Å². The topological polar surface area (TPSA) is 46.5 Å². The summed E-state index contributed by atoms with van der Waals surface area (Å²) in [7, 11) is 0. The van der Waals surface area contributed by atoms with Crippen molar-refractivity contribution in [3.63, 3.8) is 0 Å². The van der Waals surface area contributed by atoms with Crippen molar-refractivity contribution in [1.82, 2.24) is 0 Å². The zero-order valence-corrected chi connectivity index (χ0v) is 10.7. The molecule has 97 valence electrons. The van der Waals surface area contributed by atoms with Gasteiger partial charge in [0.25, 0.3) is 0 Å². The van der Waals surface area contributed by atoms with Crippen LogP contribution in [0.5, 0.6) is 11.5 Å². The highest BCUT2D eigenvalue weighted by molar-refractivity contribution is 6.10. The molecule has 0 atom stereocenters. The first-order valence-corrected chi connectivity index (χ1v) is 6.05. The molecule has 2 aromatic rings. The molecule has 0 amide bonds. The molecule has 0 aliphatic rings. The fraction of sp³-hybridized carbons (Fsp3) is 0.125. The second kappa shape index (κ2) is 6.05. The Labute approximate surface area is 112 Å². The lowest BCUT2D eigenvalue weighted by Crippen LogP contribution is -2.02. The molecule has 0 unspecified atom stereocenters. The highest BCUT2D eigenvalue weighted by Gasteiger charge is 2.13. The van der Waals surface area contributed by atoms with Gasteiger partial charge in [0, 0.05) is 11.6 Å². The molecule has 2 aromatic carbocycles. The van der Waals surface area contributed by atoms with Gasteiger partial charge in [0.1, 0.15) is 11.5 Å². The maximum atomic E-state index is 12.2. The Morgan fingerprint density at radius 1 is 1.21 bits per heavy atom. The normalized spacial score (nSPS) is 10.2. The lowest BCUT2D eigenvalue weighted by molar-refractivity contribution is 0.103. The van der Waals surface area contributed by atoms with Gasteiger partial charge in [0.15, 0.2) is 5.78 Å². The molecule has 0 aliphatic carbocycles. The zero-order chi connectivity index (χ0) is 13.7. The second-order valence-corrected chi connectivity index (χ2v) is 4.09. The minimum Gasteiger partial charge on any atom is -0.507 e. The molecule has 0 saturated heterocycles. The number of phenolic OH excluding ortho intramolecular Hbond substituents is 1. The van der Waals surface area contributed by atoms with Crippen LogP contribution in [0.15, 0.2) is 48.5 Å². The highest BCUT2D eigenvalue weighted by atomic mass is 16.5. The van der Waals surface area contributed by atoms with Crippen molar-refractivity contribution in [2.45, 2.75) is 6.92 Å². The minimum absolute atomic E-state index is 0.0672. The first kappa shape index (κ1) is 13.1. The van der Waals surface area contributed by atoms with Gasteiger partial charge in [-0.25, -0.2) is 0 Å². The van der Waals surface area contributed by atoms with Gasteiger partial charge in [-0.05, 0) is 18.6 Å². The van der Waals surface area contributed by atoms with E-state index in [0.717, 1.165) is 0 Å². The zero-order valence-electron chi connectivity index (χ0n) is 10.7. The van der Waals surface area contributed by atoms with Gasteiger partial charge in [0.05, 0.1) is 12.2 Å². The number of carbonyl (C=O) groups excluding carboxylic acids is 1. The Morgan fingerprint density at radius 3 is 2.58 bits per heavy atom. The van der Waals surface area contributed by atoms with Crippen molar-refractivity contribution in [3.8, 4) is 11.5 Å². The molecule has 1 radical (unpaired) electrons. The molecule has 3 heteroatoms. The van der Waals surface area contributed by atoms with E-state index >= 15 is 0 Å². The van der Waals surface area contributed by atoms with Gasteiger partial charge in [-0.1, -0.05) is 37.3 Å². The van der Waals surface area contributed by atoms with Crippen LogP contribution in [-0.4, -0.2) is 17.5 Å². The maximum Gasteiger partial charge on any atom is 0.196 e. The van der Waals surface area contributed by atoms with Crippen LogP contribution in [0.2, 0.25) is 0 Å². The van der Waals surface area contributed by atoms with Crippen molar-refractivity contribution >= 4 is 5.78 Å². The molecule has 0 heterocycles. The van der Waals surface area contributed by atoms with Crippen molar-refractivity contribution < 1.29 is 14.6 Å². The maximum absolute atomic E-state index is 12.2. The van der Waals surface area contributed by atoms with E-state index in [0.29, 0.717) is 17.9 Å². The van der Waals surface area contributed by atoms with E-state index in [4.69, 9.17) is 4.74 Å². The summed E-state index contributed by atoms with van der Waals surface area (Å²) in [5.74, 6) is 0.273. The third-order valence-corrected chi connectivity index (χ3v) is 2.67. The summed E-state index contributed by atoms with van der Waals surface area (Å²) < 4.78 is 5.35. The predicted octanol–water partition coefficient (Wildman–Crippen LogP) is 3.23. The van der Waals surface area contributed by atoms with Gasteiger partial charge in [-0.3, -0.25) is 4.79 Å². The average molecular weight is 255 g/mol. The Balaban J connectivity index is 2.24. The van der Waals surface area contributed by atoms with Gasteiger partial charge >= 0.3 is 0 Å². The summed E-state index contributed by atoms with van der Waals surface area (Å²) in [6.07, 6.45) is 1.86. The van der Waals surface area contributed by atoms with E-state index < -0.39 is 0 Å². The van der Waals surface area contributed by atoms with E-state index in [9.17, 15) is 9.90 Å². The van der Waals surface area contributed by atoms with E-state index in [1.807, 2.05) is 19.4 Å². The van der Waals surface area contributed by atoms with Crippen molar-refractivity contribution in [2.75, 3.05) is 6.61 Å². The van der Waals surface area contributed by atoms with E-state index in [-0.39, 0.29) is 17.1 Å². The van der Waals surface area contributed by atoms with Gasteiger partial charge in [-0.15, -0.1) is 0 Å². The molecule has 0 bridgehead atoms. The van der Waals surface area contributed by atoms with E-state index in [1.165, 1.54) is 6.07 Å². The number of ether oxygens (including phenoxy) is 1. The van der Waals surface area contributed by atoms with Crippen LogP contribution >= 0.6 is 0 Å². The minimum atomic E-state index is -0.202. The molecule has 19 heavy (non-hydrogen) atoms. The quantitative estimate of drug-likeness (QED) is 0.834. The van der Waals surface area contributed by atoms with Crippen molar-refractivity contribution in [2.24, 2.45) is 0 Å². The number of phenols is 1. The van der Waals surface area contributed by atoms with E-state index in [2.05, 4.69) is 0 Å². The van der Waals surface area contributed by atoms with Crippen LogP contribution in [0.25, 0.3) is 0 Å². The molecule has 1 N–H and O–H groups in total. The number of rotatable bonds is 5. The predicted molar refractivity (Wildman–Crippen MR) is 73.5 cm³/mol. The lowest BCUT2D eigenvalue weighted by atomic mass is 10.0. The van der Waals surface area contributed by atoms with Crippen LogP contribution < -0.4 is 4.74 Å². The van der Waals surface area contributed by atoms with Crippen LogP contribution in [0.4, 0.5) is 0 Å². The standard InChI is InChI=1S/C16H15O3/c1-2-10-19-13-8-9-14(15(17)11-13)16(18)12-6-4-3-5-7-12/h2-9,11,17H,10H2,1H3. The molecule has 3 nitrogen and oxygen atoms in total. The summed E-state index contributed by atoms with van der Waals surface area (Å²) in [6.45, 7) is 2.35. The largest absolute Gasteiger partial charge is 0.507 e. The molecule has 0 aliphatic heterocycles. The van der Waals surface area contributed by atoms with Crippen LogP contribution in [0.3, 0.4) is 0 Å². The molecule has 0 fully saturated rings. The van der Waals surface area contributed by atoms with Crippen LogP contribution in [-0.2, 0) is 0 Å². The fourth-order valence-corrected chi connectivity index (χ4v) is 1.72. The number of benzene rings is 2. The SMILES string of the molecule is C[CH]COc1ccc(C(=O)c2ccccc2)c(O)c1. The molecule has 0 spiro atoms. The summed E-state index contributed by atoms with van der Waals surface area (Å²) in [6, 6.07) is 13.6. The molecular weight excluding hydrogens is 240 g/mol. The van der Waals surface area contributed by atoms with Gasteiger partial charge < -0.3 is 9.84 Å². The number of hydrogen-bond acceptors (Lipinski definition) is 3. The number of hydrogen-bond donors (Lipinski definition) is 1. The summed E-state index contributed by atoms with van der Waals surface area (Å²) in [5, 5.41) is 9.91. The third kappa shape index (κ3) is 3.13. The third-order valence-electron chi connectivity index (χ3n) is 2.67. The van der Waals surface area contributed by atoms with E-state index in [1.54, 1.807) is 36.4 Å². The first-order valence-electron chi connectivity index (χ1n) is 6.05. The second-order valence-electron chi connectivity index (χ2n) is 4.09. The Hall–Kier alpha value is -2.29. The number of aromatic hydroxyl groups is 1. The number of carbonyl (C=O) groups is 1. The number of ketones is 1. The molecule has 0 aromatic heterocycles. The van der Waals surface area contributed by atoms with Crippen LogP contribution in [0.1, 0.15) is 22.8 Å². The Bertz CT molecular complexity index is 561. The summed E-state index contributed by atoms with van der Waals surface area (Å²) in [4.78, 5) is 12.2. The van der Waals surface area contributed by atoms with Gasteiger partial charge in [0.2, 0.25) is 0 Å². The van der Waals surface area contributed by atoms with Crippen molar-refractivity contribution in [3.05, 3.63) is 66.1 Å². The lowest BCUT2D eigenvalue weighted by Gasteiger charge is -2.08. The Kier molecular flexibility index (Phi) is 4.18. The fourth-order valence-electron chi connectivity index (χ4n) is 1.72. The summed E-state index contributed by atoms with van der Waals surface area (Å²) in [5.41, 5.74) is 0.826. The van der Waals surface area contributed by atoms with Crippen molar-refractivity contribution in [1.29, 1.82) is 0 Å². The summed E-state index contributed by atoms with van der Waals surface area (Å²) >= 11 is 0. The molecular formula is C16H15O3. The molecule has 0 saturated carbocycles. The average Bonchev–Trinajstić information content (AvgIpc) is 2.45. The Morgan fingerprint density at radius 2 is 1.95 bits per heavy atom. The monoisotopic (exact) mass is 255 g/mol. The van der Waals surface area contributed by atoms with Gasteiger partial charge in [-0.2, -0.15) is 0 Å². The first-order chi connectivity index (χ1) is 9.22. The molecule has 2 rings (SSSR count).